The first-order valence-corrected chi connectivity index (χ1v) is 4.32. The van der Waals surface area contributed by atoms with E-state index in [0.29, 0.717) is 0 Å². The molecule has 0 aromatic rings. The number of rotatable bonds is 4. The normalized spacial score (nSPS) is 24.8. The fourth-order valence-corrected chi connectivity index (χ4v) is 1.16. The van der Waals surface area contributed by atoms with Gasteiger partial charge in [-0.1, -0.05) is 6.08 Å². The molecule has 1 nitrogen and oxygen atoms in total. The van der Waals surface area contributed by atoms with Gasteiger partial charge >= 0.3 is 0 Å². The van der Waals surface area contributed by atoms with Crippen molar-refractivity contribution in [3.63, 3.8) is 0 Å². The summed E-state index contributed by atoms with van der Waals surface area (Å²) in [6.45, 7) is 2.86. The SMILES string of the molecule is C/C=C/OCCC1CS1. The van der Waals surface area contributed by atoms with Crippen molar-refractivity contribution in [1.82, 2.24) is 0 Å². The van der Waals surface area contributed by atoms with Crippen molar-refractivity contribution in [2.75, 3.05) is 12.4 Å². The summed E-state index contributed by atoms with van der Waals surface area (Å²) < 4.78 is 5.14. The average Bonchev–Trinajstić information content (AvgIpc) is 2.63. The predicted molar refractivity (Wildman–Crippen MR) is 41.6 cm³/mol. The van der Waals surface area contributed by atoms with Crippen LogP contribution in [0.1, 0.15) is 13.3 Å². The van der Waals surface area contributed by atoms with Gasteiger partial charge in [0.05, 0.1) is 12.9 Å². The molecule has 1 fully saturated rings. The Hall–Kier alpha value is -0.110. The van der Waals surface area contributed by atoms with Crippen LogP contribution in [-0.2, 0) is 4.74 Å². The lowest BCUT2D eigenvalue weighted by Crippen LogP contribution is -1.91. The summed E-state index contributed by atoms with van der Waals surface area (Å²) in [6, 6.07) is 0. The first-order valence-electron chi connectivity index (χ1n) is 3.28. The van der Waals surface area contributed by atoms with Gasteiger partial charge in [-0.2, -0.15) is 11.8 Å². The summed E-state index contributed by atoms with van der Waals surface area (Å²) in [7, 11) is 0. The Morgan fingerprint density at radius 3 is 3.11 bits per heavy atom. The maximum Gasteiger partial charge on any atom is 0.0884 e. The summed E-state index contributed by atoms with van der Waals surface area (Å²) in [5, 5.41) is 0.912. The van der Waals surface area contributed by atoms with Crippen molar-refractivity contribution in [2.45, 2.75) is 18.6 Å². The lowest BCUT2D eigenvalue weighted by Gasteiger charge is -1.95. The van der Waals surface area contributed by atoms with Gasteiger partial charge < -0.3 is 4.74 Å². The molecule has 0 spiro atoms. The molecule has 1 aliphatic rings. The molecule has 1 saturated heterocycles. The van der Waals surface area contributed by atoms with Gasteiger partial charge in [-0.3, -0.25) is 0 Å². The first kappa shape index (κ1) is 7.00. The highest BCUT2D eigenvalue weighted by molar-refractivity contribution is 8.06. The van der Waals surface area contributed by atoms with Gasteiger partial charge in [0.2, 0.25) is 0 Å². The molecule has 0 aromatic carbocycles. The highest BCUT2D eigenvalue weighted by atomic mass is 32.2. The monoisotopic (exact) mass is 144 g/mol. The predicted octanol–water partition coefficient (Wildman–Crippen LogP) is 2.04. The van der Waals surface area contributed by atoms with Crippen LogP contribution in [0.15, 0.2) is 12.3 Å². The van der Waals surface area contributed by atoms with Gasteiger partial charge in [0, 0.05) is 11.0 Å². The van der Waals surface area contributed by atoms with E-state index in [4.69, 9.17) is 4.74 Å². The van der Waals surface area contributed by atoms with E-state index in [1.165, 1.54) is 12.2 Å². The summed E-state index contributed by atoms with van der Waals surface area (Å²) in [6.07, 6.45) is 4.89. The second kappa shape index (κ2) is 3.83. The van der Waals surface area contributed by atoms with Gasteiger partial charge in [0.25, 0.3) is 0 Å². The van der Waals surface area contributed by atoms with E-state index in [0.717, 1.165) is 11.9 Å². The van der Waals surface area contributed by atoms with Gasteiger partial charge in [-0.25, -0.2) is 0 Å². The molecule has 0 bridgehead atoms. The van der Waals surface area contributed by atoms with Crippen molar-refractivity contribution in [3.05, 3.63) is 12.3 Å². The van der Waals surface area contributed by atoms with Crippen LogP contribution in [-0.4, -0.2) is 17.6 Å². The highest BCUT2D eigenvalue weighted by Gasteiger charge is 2.21. The van der Waals surface area contributed by atoms with Crippen molar-refractivity contribution >= 4 is 11.8 Å². The van der Waals surface area contributed by atoms with Crippen LogP contribution in [0.2, 0.25) is 0 Å². The highest BCUT2D eigenvalue weighted by Crippen LogP contribution is 2.32. The van der Waals surface area contributed by atoms with E-state index in [2.05, 4.69) is 0 Å². The van der Waals surface area contributed by atoms with E-state index in [1.807, 2.05) is 24.8 Å². The minimum Gasteiger partial charge on any atom is -0.502 e. The van der Waals surface area contributed by atoms with Gasteiger partial charge in [-0.15, -0.1) is 0 Å². The maximum absolute atomic E-state index is 5.14. The van der Waals surface area contributed by atoms with Crippen molar-refractivity contribution in [2.24, 2.45) is 0 Å². The quantitative estimate of drug-likeness (QED) is 0.339. The molecule has 0 amide bonds. The molecule has 0 saturated carbocycles. The second-order valence-electron chi connectivity index (χ2n) is 2.08. The Labute approximate surface area is 60.5 Å². The number of hydrogen-bond acceptors (Lipinski definition) is 2. The van der Waals surface area contributed by atoms with Gasteiger partial charge in [0.1, 0.15) is 0 Å². The molecular formula is C7H12OS. The molecule has 52 valence electrons. The zero-order valence-corrected chi connectivity index (χ0v) is 6.49. The van der Waals surface area contributed by atoms with E-state index in [1.54, 1.807) is 6.26 Å². The number of ether oxygens (including phenoxy) is 1. The third-order valence-electron chi connectivity index (χ3n) is 1.19. The molecule has 1 aliphatic heterocycles. The third kappa shape index (κ3) is 3.46. The number of thioether (sulfide) groups is 1. The topological polar surface area (TPSA) is 9.23 Å². The van der Waals surface area contributed by atoms with Gasteiger partial charge in [-0.05, 0) is 13.3 Å². The Bertz CT molecular complexity index is 97.1. The molecule has 1 atom stereocenters. The molecule has 0 aliphatic carbocycles. The molecule has 0 radical (unpaired) electrons. The van der Waals surface area contributed by atoms with E-state index >= 15 is 0 Å². The lowest BCUT2D eigenvalue weighted by molar-refractivity contribution is 0.247. The number of hydrogen-bond donors (Lipinski definition) is 0. The molecular weight excluding hydrogens is 132 g/mol. The summed E-state index contributed by atoms with van der Waals surface area (Å²) in [5.41, 5.74) is 0. The van der Waals surface area contributed by atoms with Crippen molar-refractivity contribution < 1.29 is 4.74 Å². The van der Waals surface area contributed by atoms with Crippen LogP contribution in [0.25, 0.3) is 0 Å². The number of allylic oxidation sites excluding steroid dienone is 1. The van der Waals surface area contributed by atoms with Crippen LogP contribution < -0.4 is 0 Å². The largest absolute Gasteiger partial charge is 0.502 e. The van der Waals surface area contributed by atoms with Gasteiger partial charge in [0.15, 0.2) is 0 Å². The smallest absolute Gasteiger partial charge is 0.0884 e. The minimum atomic E-state index is 0.891. The fourth-order valence-electron chi connectivity index (χ4n) is 0.598. The molecule has 0 N–H and O–H groups in total. The molecule has 1 rings (SSSR count). The molecule has 0 aromatic heterocycles. The molecule has 1 heterocycles. The van der Waals surface area contributed by atoms with Crippen LogP contribution in [0.4, 0.5) is 0 Å². The lowest BCUT2D eigenvalue weighted by atomic mass is 10.4. The average molecular weight is 144 g/mol. The van der Waals surface area contributed by atoms with Crippen LogP contribution >= 0.6 is 11.8 Å². The van der Waals surface area contributed by atoms with Crippen LogP contribution in [0.3, 0.4) is 0 Å². The standard InChI is InChI=1S/C7H12OS/c1-2-4-8-5-3-7-6-9-7/h2,4,7H,3,5-6H2,1H3/b4-2+. The Morgan fingerprint density at radius 1 is 1.78 bits per heavy atom. The van der Waals surface area contributed by atoms with Crippen LogP contribution in [0.5, 0.6) is 0 Å². The molecule has 1 unspecified atom stereocenters. The van der Waals surface area contributed by atoms with Crippen LogP contribution in [0, 0.1) is 0 Å². The zero-order chi connectivity index (χ0) is 6.53. The van der Waals surface area contributed by atoms with E-state index in [-0.39, 0.29) is 0 Å². The maximum atomic E-state index is 5.14. The third-order valence-corrected chi connectivity index (χ3v) is 2.23. The van der Waals surface area contributed by atoms with Crippen molar-refractivity contribution in [3.8, 4) is 0 Å². The first-order chi connectivity index (χ1) is 4.43. The Morgan fingerprint density at radius 2 is 2.56 bits per heavy atom. The summed E-state index contributed by atoms with van der Waals surface area (Å²) in [5.74, 6) is 1.35. The fraction of sp³-hybridized carbons (Fsp3) is 0.714. The molecule has 9 heavy (non-hydrogen) atoms. The minimum absolute atomic E-state index is 0.891. The van der Waals surface area contributed by atoms with Crippen molar-refractivity contribution in [1.29, 1.82) is 0 Å². The second-order valence-corrected chi connectivity index (χ2v) is 3.42. The van der Waals surface area contributed by atoms with E-state index < -0.39 is 0 Å². The molecule has 2 heteroatoms. The Balaban J connectivity index is 1.81. The zero-order valence-electron chi connectivity index (χ0n) is 5.67. The summed E-state index contributed by atoms with van der Waals surface area (Å²) in [4.78, 5) is 0. The Kier molecular flexibility index (Phi) is 2.98. The summed E-state index contributed by atoms with van der Waals surface area (Å²) >= 11 is 2.02. The van der Waals surface area contributed by atoms with E-state index in [9.17, 15) is 0 Å².